The lowest BCUT2D eigenvalue weighted by Crippen LogP contribution is -2.36. The van der Waals surface area contributed by atoms with Crippen molar-refractivity contribution in [1.82, 2.24) is 15.3 Å². The van der Waals surface area contributed by atoms with E-state index in [1.165, 1.54) is 31.5 Å². The molecule has 1 aromatic heterocycles. The van der Waals surface area contributed by atoms with Gasteiger partial charge in [0.25, 0.3) is 0 Å². The van der Waals surface area contributed by atoms with E-state index in [1.54, 1.807) is 0 Å². The van der Waals surface area contributed by atoms with Crippen LogP contribution in [0.4, 0.5) is 25.2 Å². The molecule has 1 aliphatic rings. The molecule has 1 unspecified atom stereocenters. The first-order chi connectivity index (χ1) is 14.7. The van der Waals surface area contributed by atoms with E-state index in [9.17, 15) is 22.0 Å². The quantitative estimate of drug-likeness (QED) is 0.586. The Morgan fingerprint density at radius 2 is 2.06 bits per heavy atom. The Kier molecular flexibility index (Phi) is 6.81. The highest BCUT2D eigenvalue weighted by Crippen LogP contribution is 2.30. The van der Waals surface area contributed by atoms with Crippen LogP contribution in [0.1, 0.15) is 25.3 Å². The number of sulfonamides is 1. The molecule has 0 bridgehead atoms. The third-order valence-electron chi connectivity index (χ3n) is 4.48. The van der Waals surface area contributed by atoms with E-state index in [1.807, 2.05) is 6.08 Å². The zero-order chi connectivity index (χ0) is 22.6. The van der Waals surface area contributed by atoms with Crippen molar-refractivity contribution in [2.24, 2.45) is 5.14 Å². The number of carbonyl (C=O) groups excluding carboxylic acids is 1. The van der Waals surface area contributed by atoms with Gasteiger partial charge in [-0.05, 0) is 30.7 Å². The molecule has 1 aliphatic carbocycles. The van der Waals surface area contributed by atoms with Crippen LogP contribution in [0.25, 0.3) is 5.57 Å². The molecule has 31 heavy (non-hydrogen) atoms. The van der Waals surface area contributed by atoms with Gasteiger partial charge in [0.15, 0.2) is 0 Å². The van der Waals surface area contributed by atoms with Crippen LogP contribution >= 0.6 is 0 Å². The maximum atomic E-state index is 14.1. The fourth-order valence-corrected chi connectivity index (χ4v) is 3.41. The number of halogens is 2. The maximum Gasteiger partial charge on any atom is 0.407 e. The number of nitrogens with two attached hydrogens (primary N) is 1. The first kappa shape index (κ1) is 22.6. The smallest absolute Gasteiger partial charge is 0.407 e. The summed E-state index contributed by atoms with van der Waals surface area (Å²) >= 11 is 0. The van der Waals surface area contributed by atoms with Gasteiger partial charge in [0.1, 0.15) is 18.6 Å². The fourth-order valence-electron chi connectivity index (χ4n) is 2.89. The van der Waals surface area contributed by atoms with Gasteiger partial charge in [0.05, 0.1) is 16.6 Å². The van der Waals surface area contributed by atoms with Gasteiger partial charge >= 0.3 is 6.09 Å². The summed E-state index contributed by atoms with van der Waals surface area (Å²) in [6, 6.07) is 2.58. The average molecular weight is 453 g/mol. The number of carbonyl (C=O) groups is 1. The van der Waals surface area contributed by atoms with E-state index >= 15 is 0 Å². The normalized spacial score (nSPS) is 17.0. The minimum absolute atomic E-state index is 0.0118. The van der Waals surface area contributed by atoms with Crippen molar-refractivity contribution < 1.29 is 26.7 Å². The summed E-state index contributed by atoms with van der Waals surface area (Å²) in [6.45, 7) is 0.855. The largest absolute Gasteiger partial charge is 0.446 e. The standard InChI is InChI=1S/C19H21F2N5O4S/c1-11(8-20)25-19(27)30-14-3-2-12(6-14)13-9-23-18(24-10-13)26-17-5-4-15(7-16(17)21)31(22,28)29/h2,4-5,7,9-11,14H,3,6,8H2,1H3,(H,25,27)(H2,22,28,29)(H,23,24,26)/t11?,14-/m1/s1. The molecule has 1 aromatic carbocycles. The molecule has 0 saturated carbocycles. The molecule has 1 amide bonds. The molecule has 1 heterocycles. The number of benzene rings is 1. The van der Waals surface area contributed by atoms with Gasteiger partial charge in [-0.25, -0.2) is 37.1 Å². The monoisotopic (exact) mass is 453 g/mol. The van der Waals surface area contributed by atoms with E-state index < -0.39 is 34.7 Å². The van der Waals surface area contributed by atoms with Crippen LogP contribution in [0, 0.1) is 5.82 Å². The molecule has 12 heteroatoms. The Morgan fingerprint density at radius 3 is 2.68 bits per heavy atom. The second-order valence-electron chi connectivity index (χ2n) is 7.00. The van der Waals surface area contributed by atoms with Gasteiger partial charge in [0, 0.05) is 30.8 Å². The lowest BCUT2D eigenvalue weighted by molar-refractivity contribution is 0.101. The van der Waals surface area contributed by atoms with Gasteiger partial charge in [0.2, 0.25) is 16.0 Å². The van der Waals surface area contributed by atoms with Crippen molar-refractivity contribution in [3.05, 3.63) is 48.0 Å². The zero-order valence-electron chi connectivity index (χ0n) is 16.5. The van der Waals surface area contributed by atoms with Crippen LogP contribution in [0.2, 0.25) is 0 Å². The SMILES string of the molecule is CC(CF)NC(=O)O[C@@H]1CC=C(c2cnc(Nc3ccc(S(N)(=O)=O)cc3F)nc2)C1. The Balaban J connectivity index is 1.59. The molecular weight excluding hydrogens is 432 g/mol. The summed E-state index contributed by atoms with van der Waals surface area (Å²) in [5.41, 5.74) is 1.58. The number of rotatable bonds is 7. The number of hydrogen-bond donors (Lipinski definition) is 3. The topological polar surface area (TPSA) is 136 Å². The van der Waals surface area contributed by atoms with Crippen LogP contribution in [0.15, 0.2) is 41.6 Å². The summed E-state index contributed by atoms with van der Waals surface area (Å²) < 4.78 is 54.4. The van der Waals surface area contributed by atoms with Crippen molar-refractivity contribution in [2.75, 3.05) is 12.0 Å². The van der Waals surface area contributed by atoms with Crippen LogP contribution in [-0.2, 0) is 14.8 Å². The van der Waals surface area contributed by atoms with Crippen LogP contribution < -0.4 is 15.8 Å². The Hall–Kier alpha value is -3.12. The second kappa shape index (κ2) is 9.35. The third kappa shape index (κ3) is 5.95. The Morgan fingerprint density at radius 1 is 1.35 bits per heavy atom. The molecule has 3 rings (SSSR count). The van der Waals surface area contributed by atoms with E-state index in [-0.39, 0.29) is 22.6 Å². The van der Waals surface area contributed by atoms with Crippen LogP contribution in [-0.4, -0.2) is 43.3 Å². The van der Waals surface area contributed by atoms with Gasteiger partial charge in [-0.2, -0.15) is 0 Å². The summed E-state index contributed by atoms with van der Waals surface area (Å²) in [5, 5.41) is 10.0. The molecule has 0 saturated heterocycles. The Labute approximate surface area is 177 Å². The summed E-state index contributed by atoms with van der Waals surface area (Å²) in [7, 11) is -4.01. The highest BCUT2D eigenvalue weighted by atomic mass is 32.2. The highest BCUT2D eigenvalue weighted by molar-refractivity contribution is 7.89. The predicted octanol–water partition coefficient (Wildman–Crippen LogP) is 2.64. The highest BCUT2D eigenvalue weighted by Gasteiger charge is 2.23. The summed E-state index contributed by atoms with van der Waals surface area (Å²) in [6.07, 6.45) is 4.89. The number of alkyl halides is 1. The number of hydrogen-bond acceptors (Lipinski definition) is 7. The van der Waals surface area contributed by atoms with Gasteiger partial charge in [-0.3, -0.25) is 0 Å². The van der Waals surface area contributed by atoms with Crippen molar-refractivity contribution in [3.8, 4) is 0 Å². The first-order valence-corrected chi connectivity index (χ1v) is 10.8. The lowest BCUT2D eigenvalue weighted by Gasteiger charge is -2.15. The number of anilines is 2. The molecule has 166 valence electrons. The second-order valence-corrected chi connectivity index (χ2v) is 8.56. The number of alkyl carbamates (subject to hydrolysis) is 1. The van der Waals surface area contributed by atoms with Gasteiger partial charge in [-0.1, -0.05) is 6.08 Å². The number of aromatic nitrogens is 2. The van der Waals surface area contributed by atoms with Crippen molar-refractivity contribution in [3.63, 3.8) is 0 Å². The van der Waals surface area contributed by atoms with Crippen LogP contribution in [0.5, 0.6) is 0 Å². The van der Waals surface area contributed by atoms with Crippen molar-refractivity contribution in [2.45, 2.75) is 36.8 Å². The molecule has 0 radical (unpaired) electrons. The molecule has 0 spiro atoms. The summed E-state index contributed by atoms with van der Waals surface area (Å²) in [4.78, 5) is 19.6. The number of nitrogens with zero attached hydrogens (tertiary/aromatic N) is 2. The molecule has 9 nitrogen and oxygen atoms in total. The number of primary sulfonamides is 1. The first-order valence-electron chi connectivity index (χ1n) is 9.29. The number of amides is 1. The van der Waals surface area contributed by atoms with Gasteiger partial charge < -0.3 is 15.4 Å². The molecular formula is C19H21F2N5O4S. The maximum absolute atomic E-state index is 14.1. The summed E-state index contributed by atoms with van der Waals surface area (Å²) in [5.74, 6) is -0.713. The Bertz CT molecular complexity index is 1090. The van der Waals surface area contributed by atoms with E-state index in [4.69, 9.17) is 9.88 Å². The fraction of sp³-hybridized carbons (Fsp3) is 0.316. The van der Waals surface area contributed by atoms with E-state index in [2.05, 4.69) is 20.6 Å². The molecule has 4 N–H and O–H groups in total. The number of nitrogens with one attached hydrogen (secondary N) is 2. The van der Waals surface area contributed by atoms with Crippen LogP contribution in [0.3, 0.4) is 0 Å². The minimum Gasteiger partial charge on any atom is -0.446 e. The van der Waals surface area contributed by atoms with E-state index in [0.29, 0.717) is 18.4 Å². The third-order valence-corrected chi connectivity index (χ3v) is 5.39. The molecule has 0 fully saturated rings. The zero-order valence-corrected chi connectivity index (χ0v) is 17.3. The minimum atomic E-state index is -4.01. The van der Waals surface area contributed by atoms with E-state index in [0.717, 1.165) is 11.6 Å². The van der Waals surface area contributed by atoms with Crippen molar-refractivity contribution >= 4 is 33.3 Å². The average Bonchev–Trinajstić information content (AvgIpc) is 3.17. The molecule has 0 aliphatic heterocycles. The van der Waals surface area contributed by atoms with Gasteiger partial charge in [-0.15, -0.1) is 0 Å². The molecule has 2 aromatic rings. The molecule has 2 atom stereocenters. The van der Waals surface area contributed by atoms with Crippen molar-refractivity contribution in [1.29, 1.82) is 0 Å². The predicted molar refractivity (Wildman–Crippen MR) is 109 cm³/mol. The lowest BCUT2D eigenvalue weighted by atomic mass is 10.1. The number of ether oxygens (including phenoxy) is 1.